The van der Waals surface area contributed by atoms with Crippen molar-refractivity contribution in [2.24, 2.45) is 0 Å². The molecule has 0 aromatic heterocycles. The fourth-order valence-electron chi connectivity index (χ4n) is 0.398. The average molecular weight is 113 g/mol. The molecule has 1 N–H and O–H groups in total. The Bertz CT molecular complexity index is 159. The summed E-state index contributed by atoms with van der Waals surface area (Å²) in [6, 6.07) is 1.67. The van der Waals surface area contributed by atoms with Crippen molar-refractivity contribution in [2.75, 3.05) is 0 Å². The second kappa shape index (κ2) is 1.46. The molecule has 4 heteroatoms. The number of ether oxygens (including phenoxy) is 1. The van der Waals surface area contributed by atoms with Gasteiger partial charge in [0.15, 0.2) is 12.2 Å². The molecule has 1 aliphatic rings. The summed E-state index contributed by atoms with van der Waals surface area (Å²) in [6.07, 6.45) is -1.56. The molecule has 4 nitrogen and oxygen atoms in total. The number of epoxide rings is 1. The number of nitriles is 1. The van der Waals surface area contributed by atoms with Gasteiger partial charge in [0.1, 0.15) is 0 Å². The lowest BCUT2D eigenvalue weighted by atomic mass is 10.3. The lowest BCUT2D eigenvalue weighted by Gasteiger charge is -1.73. The van der Waals surface area contributed by atoms with Crippen LogP contribution in [-0.4, -0.2) is 23.3 Å². The van der Waals surface area contributed by atoms with Gasteiger partial charge in [0, 0.05) is 0 Å². The SMILES string of the molecule is N#CC1OC1C(=O)O. The molecule has 0 amide bonds. The highest BCUT2D eigenvalue weighted by Gasteiger charge is 2.45. The quantitative estimate of drug-likeness (QED) is 0.459. The Morgan fingerprint density at radius 2 is 2.50 bits per heavy atom. The molecule has 0 radical (unpaired) electrons. The van der Waals surface area contributed by atoms with Gasteiger partial charge in [-0.15, -0.1) is 0 Å². The third-order valence-electron chi connectivity index (χ3n) is 0.862. The van der Waals surface area contributed by atoms with E-state index in [0.29, 0.717) is 0 Å². The van der Waals surface area contributed by atoms with Gasteiger partial charge in [-0.25, -0.2) is 4.79 Å². The fourth-order valence-corrected chi connectivity index (χ4v) is 0.398. The maximum atomic E-state index is 9.85. The van der Waals surface area contributed by atoms with E-state index in [0.717, 1.165) is 0 Å². The van der Waals surface area contributed by atoms with Crippen molar-refractivity contribution >= 4 is 5.97 Å². The highest BCUT2D eigenvalue weighted by molar-refractivity contribution is 5.76. The zero-order valence-corrected chi connectivity index (χ0v) is 3.87. The number of carboxylic acid groups (broad SMARTS) is 1. The minimum absolute atomic E-state index is 0.701. The van der Waals surface area contributed by atoms with E-state index in [1.807, 2.05) is 0 Å². The third kappa shape index (κ3) is 0.634. The van der Waals surface area contributed by atoms with Crippen molar-refractivity contribution in [3.63, 3.8) is 0 Å². The van der Waals surface area contributed by atoms with E-state index in [1.54, 1.807) is 6.07 Å². The molecule has 8 heavy (non-hydrogen) atoms. The van der Waals surface area contributed by atoms with E-state index >= 15 is 0 Å². The van der Waals surface area contributed by atoms with Crippen LogP contribution in [0.2, 0.25) is 0 Å². The second-order valence-corrected chi connectivity index (χ2v) is 1.44. The molecule has 1 rings (SSSR count). The summed E-state index contributed by atoms with van der Waals surface area (Å²) in [5, 5.41) is 16.1. The average Bonchev–Trinajstić information content (AvgIpc) is 2.42. The molecule has 0 aromatic carbocycles. The first kappa shape index (κ1) is 5.06. The fraction of sp³-hybridized carbons (Fsp3) is 0.500. The van der Waals surface area contributed by atoms with E-state index in [4.69, 9.17) is 10.4 Å². The van der Waals surface area contributed by atoms with Crippen LogP contribution >= 0.6 is 0 Å². The van der Waals surface area contributed by atoms with Crippen LogP contribution in [0.4, 0.5) is 0 Å². The lowest BCUT2D eigenvalue weighted by Crippen LogP contribution is -2.06. The molecule has 0 spiro atoms. The number of hydrogen-bond acceptors (Lipinski definition) is 3. The number of carbonyl (C=O) groups is 1. The molecule has 1 saturated heterocycles. The first-order valence-corrected chi connectivity index (χ1v) is 2.03. The van der Waals surface area contributed by atoms with Gasteiger partial charge in [-0.3, -0.25) is 0 Å². The van der Waals surface area contributed by atoms with E-state index < -0.39 is 18.2 Å². The number of rotatable bonds is 1. The predicted octanol–water partition coefficient (Wildman–Crippen LogP) is -0.638. The van der Waals surface area contributed by atoms with Crippen LogP contribution in [0.15, 0.2) is 0 Å². The van der Waals surface area contributed by atoms with Gasteiger partial charge in [0.25, 0.3) is 0 Å². The molecule has 1 fully saturated rings. The molecule has 2 unspecified atom stereocenters. The summed E-state index contributed by atoms with van der Waals surface area (Å²) in [7, 11) is 0. The lowest BCUT2D eigenvalue weighted by molar-refractivity contribution is -0.138. The maximum Gasteiger partial charge on any atom is 0.336 e. The summed E-state index contributed by atoms with van der Waals surface area (Å²) in [6.45, 7) is 0. The monoisotopic (exact) mass is 113 g/mol. The van der Waals surface area contributed by atoms with Crippen LogP contribution < -0.4 is 0 Å². The molecular weight excluding hydrogens is 110 g/mol. The number of carboxylic acids is 1. The minimum atomic E-state index is -1.06. The third-order valence-corrected chi connectivity index (χ3v) is 0.862. The molecule has 0 aliphatic carbocycles. The summed E-state index contributed by atoms with van der Waals surface area (Å²) in [4.78, 5) is 9.85. The van der Waals surface area contributed by atoms with Gasteiger partial charge >= 0.3 is 5.97 Å². The van der Waals surface area contributed by atoms with Gasteiger partial charge in [-0.2, -0.15) is 5.26 Å². The van der Waals surface area contributed by atoms with E-state index in [1.165, 1.54) is 0 Å². The van der Waals surface area contributed by atoms with E-state index in [-0.39, 0.29) is 0 Å². The molecule has 42 valence electrons. The number of aliphatic carboxylic acids is 1. The normalized spacial score (nSPS) is 33.4. The topological polar surface area (TPSA) is 73.6 Å². The molecule has 1 aliphatic heterocycles. The smallest absolute Gasteiger partial charge is 0.336 e. The predicted molar refractivity (Wildman–Crippen MR) is 21.9 cm³/mol. The van der Waals surface area contributed by atoms with Crippen LogP contribution in [0, 0.1) is 11.3 Å². The molecule has 0 bridgehead atoms. The van der Waals surface area contributed by atoms with Crippen molar-refractivity contribution in [1.29, 1.82) is 5.26 Å². The molecule has 0 saturated carbocycles. The van der Waals surface area contributed by atoms with E-state index in [2.05, 4.69) is 4.74 Å². The molecule has 0 aromatic rings. The van der Waals surface area contributed by atoms with Crippen molar-refractivity contribution < 1.29 is 14.6 Å². The maximum absolute atomic E-state index is 9.85. The first-order chi connectivity index (χ1) is 3.75. The zero-order chi connectivity index (χ0) is 6.15. The van der Waals surface area contributed by atoms with Gasteiger partial charge < -0.3 is 9.84 Å². The largest absolute Gasteiger partial charge is 0.479 e. The second-order valence-electron chi connectivity index (χ2n) is 1.44. The standard InChI is InChI=1S/C4H3NO3/c5-1-2-3(8-2)4(6)7/h2-3H,(H,6,7). The summed E-state index contributed by atoms with van der Waals surface area (Å²) in [5.74, 6) is -1.06. The van der Waals surface area contributed by atoms with Crippen molar-refractivity contribution in [1.82, 2.24) is 0 Å². The van der Waals surface area contributed by atoms with Crippen LogP contribution in [0.3, 0.4) is 0 Å². The van der Waals surface area contributed by atoms with Crippen molar-refractivity contribution in [2.45, 2.75) is 12.2 Å². The Hall–Kier alpha value is -1.08. The van der Waals surface area contributed by atoms with Crippen LogP contribution in [0.1, 0.15) is 0 Å². The van der Waals surface area contributed by atoms with Crippen LogP contribution in [0.25, 0.3) is 0 Å². The highest BCUT2D eigenvalue weighted by Crippen LogP contribution is 2.20. The van der Waals surface area contributed by atoms with Crippen LogP contribution in [-0.2, 0) is 9.53 Å². The molecular formula is C4H3NO3. The van der Waals surface area contributed by atoms with Gasteiger partial charge in [0.2, 0.25) is 0 Å². The van der Waals surface area contributed by atoms with Crippen LogP contribution in [0.5, 0.6) is 0 Å². The van der Waals surface area contributed by atoms with E-state index in [9.17, 15) is 4.79 Å². The zero-order valence-electron chi connectivity index (χ0n) is 3.87. The van der Waals surface area contributed by atoms with Gasteiger partial charge in [0.05, 0.1) is 6.07 Å². The van der Waals surface area contributed by atoms with Crippen molar-refractivity contribution in [3.8, 4) is 6.07 Å². The Labute approximate surface area is 45.3 Å². The Kier molecular flexibility index (Phi) is 0.922. The Balaban J connectivity index is 2.40. The summed E-state index contributed by atoms with van der Waals surface area (Å²) < 4.78 is 4.37. The molecule has 2 atom stereocenters. The number of nitrogens with zero attached hydrogens (tertiary/aromatic N) is 1. The Morgan fingerprint density at radius 3 is 2.62 bits per heavy atom. The van der Waals surface area contributed by atoms with Crippen molar-refractivity contribution in [3.05, 3.63) is 0 Å². The molecule has 1 heterocycles. The highest BCUT2D eigenvalue weighted by atomic mass is 16.6. The van der Waals surface area contributed by atoms with Gasteiger partial charge in [-0.05, 0) is 0 Å². The van der Waals surface area contributed by atoms with Gasteiger partial charge in [-0.1, -0.05) is 0 Å². The Morgan fingerprint density at radius 1 is 1.88 bits per heavy atom. The first-order valence-electron chi connectivity index (χ1n) is 2.03. The number of hydrogen-bond donors (Lipinski definition) is 1. The minimum Gasteiger partial charge on any atom is -0.479 e. The summed E-state index contributed by atoms with van der Waals surface area (Å²) >= 11 is 0. The summed E-state index contributed by atoms with van der Waals surface area (Å²) in [5.41, 5.74) is 0.